The number of para-hydroxylation sites is 1. The van der Waals surface area contributed by atoms with Crippen molar-refractivity contribution in [2.24, 2.45) is 0 Å². The second kappa shape index (κ2) is 5.20. The van der Waals surface area contributed by atoms with Crippen LogP contribution in [0.25, 0.3) is 0 Å². The van der Waals surface area contributed by atoms with Crippen LogP contribution in [0.4, 0.5) is 0 Å². The van der Waals surface area contributed by atoms with Gasteiger partial charge in [-0.3, -0.25) is 0 Å². The number of carbonyl (C=O) groups is 1. The Hall–Kier alpha value is -1.77. The highest BCUT2D eigenvalue weighted by atomic mass is 16.5. The summed E-state index contributed by atoms with van der Waals surface area (Å²) in [6, 6.07) is 7.57. The van der Waals surface area contributed by atoms with Gasteiger partial charge in [0.2, 0.25) is 0 Å². The molecule has 0 bridgehead atoms. The molecule has 1 rings (SSSR count). The fourth-order valence-corrected chi connectivity index (χ4v) is 1.16. The first kappa shape index (κ1) is 11.3. The third kappa shape index (κ3) is 3.13. The summed E-state index contributed by atoms with van der Waals surface area (Å²) in [6.07, 6.45) is 0.857. The summed E-state index contributed by atoms with van der Waals surface area (Å²) in [4.78, 5) is 10.5. The highest BCUT2D eigenvalue weighted by Crippen LogP contribution is 2.18. The smallest absolute Gasteiger partial charge is 0.334 e. The molecule has 0 aliphatic heterocycles. The minimum Gasteiger partial charge on any atom is -0.488 e. The van der Waals surface area contributed by atoms with E-state index in [-0.39, 0.29) is 12.2 Å². The Labute approximate surface area is 89.0 Å². The summed E-state index contributed by atoms with van der Waals surface area (Å²) < 4.78 is 5.37. The van der Waals surface area contributed by atoms with Crippen LogP contribution in [0.5, 0.6) is 5.75 Å². The maximum absolute atomic E-state index is 10.5. The topological polar surface area (TPSA) is 46.5 Å². The molecule has 0 atom stereocenters. The number of aliphatic carboxylic acids is 1. The molecular weight excluding hydrogens is 192 g/mol. The van der Waals surface area contributed by atoms with E-state index in [2.05, 4.69) is 6.58 Å². The van der Waals surface area contributed by atoms with Crippen molar-refractivity contribution in [3.63, 3.8) is 0 Å². The van der Waals surface area contributed by atoms with E-state index in [9.17, 15) is 4.79 Å². The molecule has 0 fully saturated rings. The zero-order valence-corrected chi connectivity index (χ0v) is 8.69. The Kier molecular flexibility index (Phi) is 3.92. The molecule has 0 radical (unpaired) electrons. The zero-order chi connectivity index (χ0) is 11.3. The number of rotatable bonds is 5. The zero-order valence-electron chi connectivity index (χ0n) is 8.69. The van der Waals surface area contributed by atoms with Gasteiger partial charge in [-0.1, -0.05) is 31.7 Å². The van der Waals surface area contributed by atoms with E-state index in [1.165, 1.54) is 0 Å². The van der Waals surface area contributed by atoms with E-state index in [1.54, 1.807) is 0 Å². The summed E-state index contributed by atoms with van der Waals surface area (Å²) in [6.45, 7) is 5.44. The van der Waals surface area contributed by atoms with Gasteiger partial charge >= 0.3 is 5.97 Å². The van der Waals surface area contributed by atoms with Crippen molar-refractivity contribution in [3.05, 3.63) is 42.0 Å². The van der Waals surface area contributed by atoms with Crippen LogP contribution in [0.3, 0.4) is 0 Å². The van der Waals surface area contributed by atoms with Crippen LogP contribution in [0, 0.1) is 0 Å². The molecule has 3 heteroatoms. The Morgan fingerprint density at radius 1 is 1.47 bits per heavy atom. The quantitative estimate of drug-likeness (QED) is 0.752. The van der Waals surface area contributed by atoms with Gasteiger partial charge in [-0.2, -0.15) is 0 Å². The fourth-order valence-electron chi connectivity index (χ4n) is 1.16. The summed E-state index contributed by atoms with van der Waals surface area (Å²) in [5, 5.41) is 8.61. The molecule has 1 aromatic carbocycles. The molecule has 15 heavy (non-hydrogen) atoms. The lowest BCUT2D eigenvalue weighted by Crippen LogP contribution is -2.09. The van der Waals surface area contributed by atoms with Gasteiger partial charge in [-0.25, -0.2) is 4.79 Å². The molecule has 0 unspecified atom stereocenters. The van der Waals surface area contributed by atoms with Crippen molar-refractivity contribution in [1.29, 1.82) is 0 Å². The monoisotopic (exact) mass is 206 g/mol. The van der Waals surface area contributed by atoms with E-state index in [0.717, 1.165) is 17.7 Å². The van der Waals surface area contributed by atoms with Crippen molar-refractivity contribution in [1.82, 2.24) is 0 Å². The Balaban J connectivity index is 2.65. The third-order valence-electron chi connectivity index (χ3n) is 2.06. The highest BCUT2D eigenvalue weighted by Gasteiger charge is 2.06. The van der Waals surface area contributed by atoms with Crippen LogP contribution >= 0.6 is 0 Å². The number of hydrogen-bond donors (Lipinski definition) is 1. The van der Waals surface area contributed by atoms with Crippen LogP contribution in [0.1, 0.15) is 12.5 Å². The molecule has 1 aromatic rings. The van der Waals surface area contributed by atoms with Crippen molar-refractivity contribution >= 4 is 5.97 Å². The van der Waals surface area contributed by atoms with Gasteiger partial charge in [0.15, 0.2) is 0 Å². The molecule has 0 aliphatic rings. The SMILES string of the molecule is C=C(COc1ccccc1CC)C(=O)O. The molecule has 0 heterocycles. The second-order valence-corrected chi connectivity index (χ2v) is 3.16. The maximum atomic E-state index is 10.5. The van der Waals surface area contributed by atoms with Crippen molar-refractivity contribution in [2.45, 2.75) is 13.3 Å². The fraction of sp³-hybridized carbons (Fsp3) is 0.250. The van der Waals surface area contributed by atoms with E-state index >= 15 is 0 Å². The van der Waals surface area contributed by atoms with Crippen LogP contribution in [0.15, 0.2) is 36.4 Å². The molecule has 80 valence electrons. The molecule has 0 saturated carbocycles. The lowest BCUT2D eigenvalue weighted by Gasteiger charge is -2.09. The number of benzene rings is 1. The van der Waals surface area contributed by atoms with Gasteiger partial charge in [-0.05, 0) is 18.1 Å². The standard InChI is InChI=1S/C12H14O3/c1-3-10-6-4-5-7-11(10)15-8-9(2)12(13)14/h4-7H,2-3,8H2,1H3,(H,13,14). The highest BCUT2D eigenvalue weighted by molar-refractivity contribution is 5.86. The van der Waals surface area contributed by atoms with Gasteiger partial charge in [0.25, 0.3) is 0 Å². The molecule has 0 amide bonds. The minimum absolute atomic E-state index is 0.0202. The van der Waals surface area contributed by atoms with Crippen molar-refractivity contribution in [3.8, 4) is 5.75 Å². The van der Waals surface area contributed by atoms with Gasteiger partial charge in [0.05, 0.1) is 5.57 Å². The largest absolute Gasteiger partial charge is 0.488 e. The lowest BCUT2D eigenvalue weighted by atomic mass is 10.1. The van der Waals surface area contributed by atoms with E-state index in [4.69, 9.17) is 9.84 Å². The van der Waals surface area contributed by atoms with E-state index < -0.39 is 5.97 Å². The normalized spacial score (nSPS) is 9.67. The van der Waals surface area contributed by atoms with Gasteiger partial charge in [0.1, 0.15) is 12.4 Å². The van der Waals surface area contributed by atoms with Crippen LogP contribution in [0.2, 0.25) is 0 Å². The molecule has 0 aliphatic carbocycles. The van der Waals surface area contributed by atoms with Crippen molar-refractivity contribution < 1.29 is 14.6 Å². The number of carboxylic acid groups (broad SMARTS) is 1. The van der Waals surface area contributed by atoms with Crippen LogP contribution in [-0.2, 0) is 11.2 Å². The Morgan fingerprint density at radius 3 is 2.73 bits per heavy atom. The average molecular weight is 206 g/mol. The number of ether oxygens (including phenoxy) is 1. The average Bonchev–Trinajstić information content (AvgIpc) is 2.26. The molecule has 3 nitrogen and oxygen atoms in total. The second-order valence-electron chi connectivity index (χ2n) is 3.16. The summed E-state index contributed by atoms with van der Waals surface area (Å²) >= 11 is 0. The Bertz CT molecular complexity index is 369. The molecular formula is C12H14O3. The summed E-state index contributed by atoms with van der Waals surface area (Å²) in [5.74, 6) is -0.300. The summed E-state index contributed by atoms with van der Waals surface area (Å²) in [7, 11) is 0. The molecule has 0 aromatic heterocycles. The van der Waals surface area contributed by atoms with E-state index in [1.807, 2.05) is 31.2 Å². The predicted octanol–water partition coefficient (Wildman–Crippen LogP) is 2.27. The minimum atomic E-state index is -1.02. The predicted molar refractivity (Wildman–Crippen MR) is 58.1 cm³/mol. The lowest BCUT2D eigenvalue weighted by molar-refractivity contribution is -0.133. The third-order valence-corrected chi connectivity index (χ3v) is 2.06. The maximum Gasteiger partial charge on any atom is 0.334 e. The first-order valence-corrected chi connectivity index (χ1v) is 4.77. The Morgan fingerprint density at radius 2 is 2.13 bits per heavy atom. The first-order chi connectivity index (χ1) is 7.15. The summed E-state index contributed by atoms with van der Waals surface area (Å²) in [5.41, 5.74) is 1.12. The van der Waals surface area contributed by atoms with Gasteiger partial charge in [0, 0.05) is 0 Å². The molecule has 0 saturated heterocycles. The van der Waals surface area contributed by atoms with Crippen molar-refractivity contribution in [2.75, 3.05) is 6.61 Å². The van der Waals surface area contributed by atoms with E-state index in [0.29, 0.717) is 0 Å². The number of aryl methyl sites for hydroxylation is 1. The molecule has 0 spiro atoms. The number of hydrogen-bond acceptors (Lipinski definition) is 2. The molecule has 1 N–H and O–H groups in total. The van der Waals surface area contributed by atoms with Crippen LogP contribution < -0.4 is 4.74 Å². The van der Waals surface area contributed by atoms with Gasteiger partial charge in [-0.15, -0.1) is 0 Å². The first-order valence-electron chi connectivity index (χ1n) is 4.77. The van der Waals surface area contributed by atoms with Crippen LogP contribution in [-0.4, -0.2) is 17.7 Å². The van der Waals surface area contributed by atoms with Gasteiger partial charge < -0.3 is 9.84 Å². The number of carboxylic acids is 1.